The van der Waals surface area contributed by atoms with Crippen LogP contribution in [0.15, 0.2) is 30.3 Å². The number of benzene rings is 1. The number of anilines is 1. The molecule has 1 heterocycles. The van der Waals surface area contributed by atoms with Gasteiger partial charge < -0.3 is 10.4 Å². The molecule has 0 bridgehead atoms. The first-order valence-corrected chi connectivity index (χ1v) is 6.74. The predicted octanol–water partition coefficient (Wildman–Crippen LogP) is 3.54. The third kappa shape index (κ3) is 3.92. The molecule has 4 nitrogen and oxygen atoms in total. The number of nitrogens with zero attached hydrogens (tertiary/aromatic N) is 1. The molecule has 0 aliphatic heterocycles. The van der Waals surface area contributed by atoms with E-state index in [1.54, 1.807) is 12.1 Å². The van der Waals surface area contributed by atoms with Crippen molar-refractivity contribution >= 4 is 23.4 Å². The molecule has 1 aromatic carbocycles. The topological polar surface area (TPSA) is 62.2 Å². The van der Waals surface area contributed by atoms with E-state index < -0.39 is 5.97 Å². The summed E-state index contributed by atoms with van der Waals surface area (Å²) in [5.41, 5.74) is 1.73. The average Bonchev–Trinajstić information content (AvgIpc) is 2.42. The van der Waals surface area contributed by atoms with Gasteiger partial charge in [0.05, 0.1) is 5.02 Å². The molecule has 0 amide bonds. The molecule has 0 unspecified atom stereocenters. The Hall–Kier alpha value is -2.14. The van der Waals surface area contributed by atoms with Gasteiger partial charge in [-0.25, -0.2) is 14.2 Å². The first-order valence-electron chi connectivity index (χ1n) is 6.36. The number of carboxylic acids is 1. The number of aromatic carboxylic acids is 1. The lowest BCUT2D eigenvalue weighted by Crippen LogP contribution is -2.10. The highest BCUT2D eigenvalue weighted by Gasteiger charge is 2.11. The maximum Gasteiger partial charge on any atom is 0.356 e. The highest BCUT2D eigenvalue weighted by atomic mass is 35.5. The Morgan fingerprint density at radius 2 is 2.14 bits per heavy atom. The van der Waals surface area contributed by atoms with E-state index >= 15 is 0 Å². The molecular weight excluding hydrogens is 295 g/mol. The summed E-state index contributed by atoms with van der Waals surface area (Å²) in [5, 5.41) is 12.1. The van der Waals surface area contributed by atoms with Crippen molar-refractivity contribution in [1.82, 2.24) is 4.98 Å². The molecule has 0 atom stereocenters. The number of halogens is 2. The molecular formula is C15H14ClFN2O2. The van der Waals surface area contributed by atoms with Crippen molar-refractivity contribution in [1.29, 1.82) is 0 Å². The first kappa shape index (κ1) is 15.3. The second-order valence-electron chi connectivity index (χ2n) is 4.58. The third-order valence-electron chi connectivity index (χ3n) is 3.05. The van der Waals surface area contributed by atoms with Crippen LogP contribution in [-0.2, 0) is 6.42 Å². The van der Waals surface area contributed by atoms with Crippen LogP contribution in [0, 0.1) is 12.7 Å². The van der Waals surface area contributed by atoms with Crippen LogP contribution in [0.4, 0.5) is 10.2 Å². The van der Waals surface area contributed by atoms with Crippen molar-refractivity contribution in [2.24, 2.45) is 0 Å². The van der Waals surface area contributed by atoms with Gasteiger partial charge in [-0.1, -0.05) is 17.7 Å². The van der Waals surface area contributed by atoms with E-state index in [9.17, 15) is 9.18 Å². The monoisotopic (exact) mass is 308 g/mol. The van der Waals surface area contributed by atoms with Gasteiger partial charge in [-0.05, 0) is 48.7 Å². The van der Waals surface area contributed by atoms with E-state index in [1.165, 1.54) is 18.2 Å². The van der Waals surface area contributed by atoms with Gasteiger partial charge in [0.2, 0.25) is 0 Å². The second-order valence-corrected chi connectivity index (χ2v) is 4.99. The fraction of sp³-hybridized carbons (Fsp3) is 0.200. The lowest BCUT2D eigenvalue weighted by Gasteiger charge is -2.09. The number of hydrogen-bond acceptors (Lipinski definition) is 3. The summed E-state index contributed by atoms with van der Waals surface area (Å²) < 4.78 is 13.0. The van der Waals surface area contributed by atoms with Crippen LogP contribution < -0.4 is 5.32 Å². The number of rotatable bonds is 5. The summed E-state index contributed by atoms with van der Waals surface area (Å²) in [5.74, 6) is -0.982. The molecule has 0 spiro atoms. The molecule has 1 aromatic heterocycles. The summed E-state index contributed by atoms with van der Waals surface area (Å²) in [7, 11) is 0. The van der Waals surface area contributed by atoms with Crippen molar-refractivity contribution < 1.29 is 14.3 Å². The summed E-state index contributed by atoms with van der Waals surface area (Å²) >= 11 is 5.75. The van der Waals surface area contributed by atoms with E-state index in [-0.39, 0.29) is 16.5 Å². The summed E-state index contributed by atoms with van der Waals surface area (Å²) in [6.07, 6.45) is 0.679. The lowest BCUT2D eigenvalue weighted by molar-refractivity contribution is 0.0691. The number of nitrogens with one attached hydrogen (secondary N) is 1. The molecule has 0 saturated heterocycles. The molecule has 21 heavy (non-hydrogen) atoms. The lowest BCUT2D eigenvalue weighted by atomic mass is 10.1. The van der Waals surface area contributed by atoms with Gasteiger partial charge in [-0.15, -0.1) is 0 Å². The molecule has 0 saturated carbocycles. The number of carboxylic acid groups (broad SMARTS) is 1. The Labute approximate surface area is 126 Å². The molecule has 0 aliphatic rings. The maximum atomic E-state index is 13.0. The van der Waals surface area contributed by atoms with Crippen molar-refractivity contribution in [3.63, 3.8) is 0 Å². The number of pyridine rings is 1. The van der Waals surface area contributed by atoms with Crippen LogP contribution in [0.3, 0.4) is 0 Å². The van der Waals surface area contributed by atoms with Crippen LogP contribution in [-0.4, -0.2) is 22.6 Å². The minimum Gasteiger partial charge on any atom is -0.476 e. The van der Waals surface area contributed by atoms with Gasteiger partial charge >= 0.3 is 5.97 Å². The van der Waals surface area contributed by atoms with Crippen LogP contribution >= 0.6 is 11.6 Å². The van der Waals surface area contributed by atoms with Crippen LogP contribution in [0.1, 0.15) is 21.6 Å². The highest BCUT2D eigenvalue weighted by Crippen LogP contribution is 2.17. The van der Waals surface area contributed by atoms with Gasteiger partial charge in [0.1, 0.15) is 11.6 Å². The number of aryl methyl sites for hydroxylation is 1. The summed E-state index contributed by atoms with van der Waals surface area (Å²) in [4.78, 5) is 14.9. The van der Waals surface area contributed by atoms with Gasteiger partial charge in [0, 0.05) is 6.54 Å². The Kier molecular flexibility index (Phi) is 4.75. The molecule has 110 valence electrons. The van der Waals surface area contributed by atoms with Crippen molar-refractivity contribution in [3.8, 4) is 0 Å². The zero-order valence-electron chi connectivity index (χ0n) is 11.4. The van der Waals surface area contributed by atoms with E-state index in [1.807, 2.05) is 6.92 Å². The fourth-order valence-electron chi connectivity index (χ4n) is 1.96. The molecule has 0 fully saturated rings. The first-order chi connectivity index (χ1) is 9.97. The molecule has 0 aliphatic carbocycles. The Morgan fingerprint density at radius 1 is 1.38 bits per heavy atom. The number of carbonyl (C=O) groups is 1. The zero-order valence-corrected chi connectivity index (χ0v) is 12.1. The number of hydrogen-bond donors (Lipinski definition) is 2. The van der Waals surface area contributed by atoms with Gasteiger partial charge in [-0.3, -0.25) is 0 Å². The largest absolute Gasteiger partial charge is 0.476 e. The van der Waals surface area contributed by atoms with E-state index in [0.29, 0.717) is 18.8 Å². The second kappa shape index (κ2) is 6.54. The van der Waals surface area contributed by atoms with Crippen LogP contribution in [0.5, 0.6) is 0 Å². The molecule has 6 heteroatoms. The van der Waals surface area contributed by atoms with Gasteiger partial charge in [-0.2, -0.15) is 0 Å². The van der Waals surface area contributed by atoms with Crippen molar-refractivity contribution in [2.75, 3.05) is 11.9 Å². The third-order valence-corrected chi connectivity index (χ3v) is 3.36. The smallest absolute Gasteiger partial charge is 0.356 e. The van der Waals surface area contributed by atoms with E-state index in [2.05, 4.69) is 10.3 Å². The Balaban J connectivity index is 2.00. The van der Waals surface area contributed by atoms with Crippen molar-refractivity contribution in [3.05, 3.63) is 58.0 Å². The predicted molar refractivity (Wildman–Crippen MR) is 79.5 cm³/mol. The molecule has 2 rings (SSSR count). The minimum absolute atomic E-state index is 0.0995. The number of aromatic nitrogens is 1. The highest BCUT2D eigenvalue weighted by molar-refractivity contribution is 6.33. The van der Waals surface area contributed by atoms with E-state index in [4.69, 9.17) is 16.7 Å². The SMILES string of the molecule is Cc1cc(F)ccc1CCNc1ccc(Cl)c(C(=O)O)n1. The maximum absolute atomic E-state index is 13.0. The van der Waals surface area contributed by atoms with Crippen LogP contribution in [0.25, 0.3) is 0 Å². The van der Waals surface area contributed by atoms with Gasteiger partial charge in [0.25, 0.3) is 0 Å². The van der Waals surface area contributed by atoms with Gasteiger partial charge in [0.15, 0.2) is 5.69 Å². The zero-order chi connectivity index (χ0) is 15.4. The van der Waals surface area contributed by atoms with E-state index in [0.717, 1.165) is 11.1 Å². The normalized spacial score (nSPS) is 10.4. The Morgan fingerprint density at radius 3 is 2.81 bits per heavy atom. The quantitative estimate of drug-likeness (QED) is 0.887. The standard InChI is InChI=1S/C15H14ClFN2O2/c1-9-8-11(17)3-2-10(9)6-7-18-13-5-4-12(16)14(19-13)15(20)21/h2-5,8H,6-7H2,1H3,(H,18,19)(H,20,21). The molecule has 2 aromatic rings. The summed E-state index contributed by atoms with van der Waals surface area (Å²) in [6, 6.07) is 7.75. The molecule has 2 N–H and O–H groups in total. The average molecular weight is 309 g/mol. The molecule has 0 radical (unpaired) electrons. The minimum atomic E-state index is -1.17. The van der Waals surface area contributed by atoms with Crippen LogP contribution in [0.2, 0.25) is 5.02 Å². The summed E-state index contributed by atoms with van der Waals surface area (Å²) in [6.45, 7) is 2.40. The van der Waals surface area contributed by atoms with Crippen molar-refractivity contribution in [2.45, 2.75) is 13.3 Å². The Bertz CT molecular complexity index is 677. The fourth-order valence-corrected chi connectivity index (χ4v) is 2.14.